The van der Waals surface area contributed by atoms with Crippen LogP contribution in [0.4, 0.5) is 5.69 Å². The van der Waals surface area contributed by atoms with Gasteiger partial charge < -0.3 is 10.1 Å². The Morgan fingerprint density at radius 2 is 1.96 bits per heavy atom. The molecule has 0 bridgehead atoms. The molecular formula is C19H16N6O2S. The lowest BCUT2D eigenvalue weighted by molar-refractivity contribution is -0.113. The van der Waals surface area contributed by atoms with E-state index in [1.165, 1.54) is 11.8 Å². The fourth-order valence-corrected chi connectivity index (χ4v) is 3.23. The Morgan fingerprint density at radius 1 is 1.11 bits per heavy atom. The van der Waals surface area contributed by atoms with E-state index in [4.69, 9.17) is 4.74 Å². The van der Waals surface area contributed by atoms with Gasteiger partial charge in [0.15, 0.2) is 5.65 Å². The molecule has 0 saturated carbocycles. The number of aromatic nitrogens is 5. The number of nitrogens with one attached hydrogen (secondary N) is 1. The number of pyridine rings is 1. The Hall–Kier alpha value is -3.46. The van der Waals surface area contributed by atoms with Crippen molar-refractivity contribution in [3.8, 4) is 17.3 Å². The number of fused-ring (bicyclic) bond motifs is 1. The van der Waals surface area contributed by atoms with E-state index < -0.39 is 0 Å². The SMILES string of the molecule is COc1ccccc1NC(=O)CSc1ccc2nnc(-c3ccccn3)n2n1. The minimum Gasteiger partial charge on any atom is -0.495 e. The average molecular weight is 392 g/mol. The molecule has 0 aliphatic heterocycles. The Labute approximate surface area is 165 Å². The van der Waals surface area contributed by atoms with Gasteiger partial charge in [-0.25, -0.2) is 0 Å². The number of rotatable bonds is 6. The van der Waals surface area contributed by atoms with Crippen LogP contribution in [-0.4, -0.2) is 43.6 Å². The molecule has 1 aromatic carbocycles. The monoisotopic (exact) mass is 392 g/mol. The summed E-state index contributed by atoms with van der Waals surface area (Å²) in [6.07, 6.45) is 1.69. The summed E-state index contributed by atoms with van der Waals surface area (Å²) < 4.78 is 6.87. The standard InChI is InChI=1S/C19H16N6O2S/c1-27-15-8-3-2-6-13(15)21-17(26)12-28-18-10-9-16-22-23-19(25(16)24-18)14-7-4-5-11-20-14/h2-11H,12H2,1H3,(H,21,26). The van der Waals surface area contributed by atoms with Gasteiger partial charge in [-0.05, 0) is 36.4 Å². The number of thioether (sulfide) groups is 1. The molecule has 0 unspecified atom stereocenters. The molecule has 0 radical (unpaired) electrons. The lowest BCUT2D eigenvalue weighted by Gasteiger charge is -2.09. The van der Waals surface area contributed by atoms with E-state index in [0.717, 1.165) is 0 Å². The predicted molar refractivity (Wildman–Crippen MR) is 106 cm³/mol. The van der Waals surface area contributed by atoms with Crippen LogP contribution in [0.5, 0.6) is 5.75 Å². The van der Waals surface area contributed by atoms with Crippen molar-refractivity contribution in [3.05, 3.63) is 60.8 Å². The number of methoxy groups -OCH3 is 1. The zero-order chi connectivity index (χ0) is 19.3. The maximum Gasteiger partial charge on any atom is 0.234 e. The minimum absolute atomic E-state index is 0.148. The highest BCUT2D eigenvalue weighted by Crippen LogP contribution is 2.24. The number of hydrogen-bond acceptors (Lipinski definition) is 7. The van der Waals surface area contributed by atoms with Crippen LogP contribution in [0.3, 0.4) is 0 Å². The molecule has 140 valence electrons. The fraction of sp³-hybridized carbons (Fsp3) is 0.105. The zero-order valence-corrected chi connectivity index (χ0v) is 15.8. The van der Waals surface area contributed by atoms with Gasteiger partial charge in [-0.15, -0.1) is 10.2 Å². The van der Waals surface area contributed by atoms with Crippen molar-refractivity contribution in [1.29, 1.82) is 0 Å². The Morgan fingerprint density at radius 3 is 2.79 bits per heavy atom. The predicted octanol–water partition coefficient (Wildman–Crippen LogP) is 2.93. The number of nitrogens with zero attached hydrogens (tertiary/aromatic N) is 5. The molecular weight excluding hydrogens is 376 g/mol. The van der Waals surface area contributed by atoms with Gasteiger partial charge in [-0.3, -0.25) is 9.78 Å². The first-order valence-corrected chi connectivity index (χ1v) is 9.42. The second-order valence-electron chi connectivity index (χ2n) is 5.72. The summed E-state index contributed by atoms with van der Waals surface area (Å²) in [7, 11) is 1.57. The molecule has 0 atom stereocenters. The van der Waals surface area contributed by atoms with Gasteiger partial charge in [0, 0.05) is 6.20 Å². The summed E-state index contributed by atoms with van der Waals surface area (Å²) in [5.74, 6) is 1.23. The van der Waals surface area contributed by atoms with Gasteiger partial charge in [0.1, 0.15) is 16.5 Å². The molecule has 0 aliphatic rings. The molecule has 1 amide bonds. The highest BCUT2D eigenvalue weighted by molar-refractivity contribution is 7.99. The van der Waals surface area contributed by atoms with Crippen LogP contribution >= 0.6 is 11.8 Å². The molecule has 4 aromatic rings. The van der Waals surface area contributed by atoms with Gasteiger partial charge in [-0.1, -0.05) is 30.0 Å². The molecule has 0 fully saturated rings. The molecule has 0 aliphatic carbocycles. The van der Waals surface area contributed by atoms with Crippen molar-refractivity contribution < 1.29 is 9.53 Å². The number of ether oxygens (including phenoxy) is 1. The van der Waals surface area contributed by atoms with Crippen LogP contribution in [0.25, 0.3) is 17.2 Å². The Balaban J connectivity index is 1.48. The second-order valence-corrected chi connectivity index (χ2v) is 6.71. The molecule has 0 saturated heterocycles. The number of hydrogen-bond donors (Lipinski definition) is 1. The van der Waals surface area contributed by atoms with Gasteiger partial charge in [-0.2, -0.15) is 9.61 Å². The van der Waals surface area contributed by atoms with Crippen LogP contribution in [0.1, 0.15) is 0 Å². The van der Waals surface area contributed by atoms with E-state index in [-0.39, 0.29) is 11.7 Å². The summed E-state index contributed by atoms with van der Waals surface area (Å²) in [5, 5.41) is 16.3. The van der Waals surface area contributed by atoms with Gasteiger partial charge in [0.2, 0.25) is 11.7 Å². The summed E-state index contributed by atoms with van der Waals surface area (Å²) >= 11 is 1.32. The highest BCUT2D eigenvalue weighted by Gasteiger charge is 2.12. The lowest BCUT2D eigenvalue weighted by Crippen LogP contribution is -2.14. The first kappa shape index (κ1) is 17.9. The summed E-state index contributed by atoms with van der Waals surface area (Å²) in [6.45, 7) is 0. The number of para-hydroxylation sites is 2. The van der Waals surface area contributed by atoms with E-state index >= 15 is 0 Å². The molecule has 4 rings (SSSR count). The molecule has 3 aromatic heterocycles. The van der Waals surface area contributed by atoms with Crippen LogP contribution in [0.2, 0.25) is 0 Å². The number of carbonyl (C=O) groups excluding carboxylic acids is 1. The van der Waals surface area contributed by atoms with Gasteiger partial charge in [0.05, 0.1) is 18.6 Å². The molecule has 9 heteroatoms. The van der Waals surface area contributed by atoms with Crippen molar-refractivity contribution in [3.63, 3.8) is 0 Å². The number of benzene rings is 1. The minimum atomic E-state index is -0.148. The van der Waals surface area contributed by atoms with Crippen molar-refractivity contribution >= 4 is 29.0 Å². The topological polar surface area (TPSA) is 94.3 Å². The number of anilines is 1. The van der Waals surface area contributed by atoms with Crippen molar-refractivity contribution in [2.45, 2.75) is 5.03 Å². The van der Waals surface area contributed by atoms with Gasteiger partial charge >= 0.3 is 0 Å². The fourth-order valence-electron chi connectivity index (χ4n) is 2.58. The summed E-state index contributed by atoms with van der Waals surface area (Å²) in [6, 6.07) is 16.5. The van der Waals surface area contributed by atoms with E-state index in [1.54, 1.807) is 30.0 Å². The first-order chi connectivity index (χ1) is 13.7. The maximum absolute atomic E-state index is 12.3. The second kappa shape index (κ2) is 8.05. The number of carbonyl (C=O) groups is 1. The third-order valence-corrected chi connectivity index (χ3v) is 4.78. The van der Waals surface area contributed by atoms with Crippen molar-refractivity contribution in [1.82, 2.24) is 24.8 Å². The quantitative estimate of drug-likeness (QED) is 0.504. The van der Waals surface area contributed by atoms with Crippen LogP contribution in [0.15, 0.2) is 65.8 Å². The largest absolute Gasteiger partial charge is 0.495 e. The summed E-state index contributed by atoms with van der Waals surface area (Å²) in [4.78, 5) is 16.6. The van der Waals surface area contributed by atoms with Crippen LogP contribution < -0.4 is 10.1 Å². The van der Waals surface area contributed by atoms with E-state index in [0.29, 0.717) is 33.6 Å². The van der Waals surface area contributed by atoms with Gasteiger partial charge in [0.25, 0.3) is 0 Å². The maximum atomic E-state index is 12.3. The Kier molecular flexibility index (Phi) is 5.16. The lowest BCUT2D eigenvalue weighted by atomic mass is 10.3. The van der Waals surface area contributed by atoms with E-state index in [1.807, 2.05) is 42.5 Å². The van der Waals surface area contributed by atoms with Crippen LogP contribution in [0, 0.1) is 0 Å². The molecule has 28 heavy (non-hydrogen) atoms. The van der Waals surface area contributed by atoms with Crippen molar-refractivity contribution in [2.24, 2.45) is 0 Å². The third-order valence-electron chi connectivity index (χ3n) is 3.86. The molecule has 8 nitrogen and oxygen atoms in total. The average Bonchev–Trinajstić information content (AvgIpc) is 3.16. The Bertz CT molecular complexity index is 1120. The number of amides is 1. The molecule has 3 heterocycles. The molecule has 1 N–H and O–H groups in total. The zero-order valence-electron chi connectivity index (χ0n) is 14.9. The first-order valence-electron chi connectivity index (χ1n) is 8.44. The smallest absolute Gasteiger partial charge is 0.234 e. The van der Waals surface area contributed by atoms with E-state index in [2.05, 4.69) is 25.6 Å². The van der Waals surface area contributed by atoms with E-state index in [9.17, 15) is 4.79 Å². The normalized spacial score (nSPS) is 10.8. The molecule has 0 spiro atoms. The third kappa shape index (κ3) is 3.79. The summed E-state index contributed by atoms with van der Waals surface area (Å²) in [5.41, 5.74) is 1.93. The highest BCUT2D eigenvalue weighted by atomic mass is 32.2. The van der Waals surface area contributed by atoms with Crippen LogP contribution in [-0.2, 0) is 4.79 Å². The van der Waals surface area contributed by atoms with Crippen molar-refractivity contribution in [2.75, 3.05) is 18.2 Å².